The first-order valence-electron chi connectivity index (χ1n) is 9.88. The fourth-order valence-corrected chi connectivity index (χ4v) is 4.47. The first-order valence-corrected chi connectivity index (χ1v) is 9.88. The van der Waals surface area contributed by atoms with Crippen LogP contribution in [0.15, 0.2) is 30.3 Å². The summed E-state index contributed by atoms with van der Waals surface area (Å²) < 4.78 is 0. The molecule has 1 saturated heterocycles. The third-order valence-electron chi connectivity index (χ3n) is 5.85. The van der Waals surface area contributed by atoms with E-state index in [1.165, 1.54) is 31.4 Å². The summed E-state index contributed by atoms with van der Waals surface area (Å²) >= 11 is 0. The van der Waals surface area contributed by atoms with Gasteiger partial charge in [-0.2, -0.15) is 0 Å². The Balaban J connectivity index is 1.38. The Morgan fingerprint density at radius 2 is 1.80 bits per heavy atom. The number of rotatable bonds is 6. The van der Waals surface area contributed by atoms with Crippen molar-refractivity contribution in [3.05, 3.63) is 35.9 Å². The molecule has 1 aliphatic heterocycles. The summed E-state index contributed by atoms with van der Waals surface area (Å²) in [6.07, 6.45) is 5.87. The zero-order valence-electron chi connectivity index (χ0n) is 15.7. The van der Waals surface area contributed by atoms with Crippen molar-refractivity contribution in [1.82, 2.24) is 15.5 Å². The summed E-state index contributed by atoms with van der Waals surface area (Å²) in [5.74, 6) is 0.863. The van der Waals surface area contributed by atoms with Crippen molar-refractivity contribution < 1.29 is 4.79 Å². The average Bonchev–Trinajstić information content (AvgIpc) is 2.94. The molecule has 3 rings (SSSR count). The maximum atomic E-state index is 11.2. The van der Waals surface area contributed by atoms with Gasteiger partial charge in [-0.25, -0.2) is 0 Å². The van der Waals surface area contributed by atoms with Crippen molar-refractivity contribution in [2.45, 2.75) is 70.6 Å². The molecule has 2 N–H and O–H groups in total. The molecule has 4 nitrogen and oxygen atoms in total. The molecule has 4 heteroatoms. The molecule has 0 unspecified atom stereocenters. The van der Waals surface area contributed by atoms with Crippen molar-refractivity contribution in [3.63, 3.8) is 0 Å². The Morgan fingerprint density at radius 1 is 1.12 bits per heavy atom. The summed E-state index contributed by atoms with van der Waals surface area (Å²) in [5, 5.41) is 6.86. The molecule has 1 heterocycles. The van der Waals surface area contributed by atoms with Crippen LogP contribution >= 0.6 is 0 Å². The van der Waals surface area contributed by atoms with Crippen molar-refractivity contribution in [2.75, 3.05) is 13.1 Å². The Bertz CT molecular complexity index is 539. The van der Waals surface area contributed by atoms with E-state index >= 15 is 0 Å². The molecular formula is C21H33N3O. The van der Waals surface area contributed by atoms with Gasteiger partial charge < -0.3 is 10.6 Å². The Morgan fingerprint density at radius 3 is 2.48 bits per heavy atom. The quantitative estimate of drug-likeness (QED) is 0.835. The number of carbonyl (C=O) groups is 1. The summed E-state index contributed by atoms with van der Waals surface area (Å²) in [5.41, 5.74) is 1.42. The molecule has 2 fully saturated rings. The van der Waals surface area contributed by atoms with Crippen LogP contribution in [0.2, 0.25) is 0 Å². The fourth-order valence-electron chi connectivity index (χ4n) is 4.47. The second-order valence-corrected chi connectivity index (χ2v) is 8.02. The lowest BCUT2D eigenvalue weighted by Gasteiger charge is -2.30. The standard InChI is InChI=1S/C21H33N3O/c1-16-12-19(15-24(16)14-18-6-4-3-5-7-18)13-22-20-8-10-21(11-9-20)23-17(2)25/h3-7,16,19-22H,8-15H2,1-2H3,(H,23,25)/t16-,19+,20?,21?/m1/s1. The van der Waals surface area contributed by atoms with Gasteiger partial charge in [-0.3, -0.25) is 9.69 Å². The Hall–Kier alpha value is -1.39. The van der Waals surface area contributed by atoms with E-state index in [1.807, 2.05) is 0 Å². The average molecular weight is 344 g/mol. The lowest BCUT2D eigenvalue weighted by Crippen LogP contribution is -2.42. The van der Waals surface area contributed by atoms with E-state index in [2.05, 4.69) is 52.8 Å². The number of hydrogen-bond donors (Lipinski definition) is 2. The summed E-state index contributed by atoms with van der Waals surface area (Å²) in [6.45, 7) is 7.38. The van der Waals surface area contributed by atoms with Crippen LogP contribution in [-0.4, -0.2) is 42.0 Å². The number of likely N-dealkylation sites (tertiary alicyclic amines) is 1. The van der Waals surface area contributed by atoms with E-state index < -0.39 is 0 Å². The fraction of sp³-hybridized carbons (Fsp3) is 0.667. The predicted molar refractivity (Wildman–Crippen MR) is 102 cm³/mol. The largest absolute Gasteiger partial charge is 0.354 e. The van der Waals surface area contributed by atoms with Crippen molar-refractivity contribution in [1.29, 1.82) is 0 Å². The highest BCUT2D eigenvalue weighted by Crippen LogP contribution is 2.25. The predicted octanol–water partition coefficient (Wildman–Crippen LogP) is 2.93. The normalized spacial score (nSPS) is 30.3. The molecule has 138 valence electrons. The van der Waals surface area contributed by atoms with E-state index in [-0.39, 0.29) is 5.91 Å². The van der Waals surface area contributed by atoms with Gasteiger partial charge in [0.05, 0.1) is 0 Å². The van der Waals surface area contributed by atoms with E-state index in [9.17, 15) is 4.79 Å². The molecule has 0 radical (unpaired) electrons. The third-order valence-corrected chi connectivity index (χ3v) is 5.85. The SMILES string of the molecule is CC(=O)NC1CCC(NC[C@@H]2C[C@@H](C)N(Cc3ccccc3)C2)CC1. The van der Waals surface area contributed by atoms with Crippen LogP contribution < -0.4 is 10.6 Å². The summed E-state index contributed by atoms with van der Waals surface area (Å²) in [6, 6.07) is 12.5. The number of nitrogens with one attached hydrogen (secondary N) is 2. The molecule has 1 aromatic rings. The topological polar surface area (TPSA) is 44.4 Å². The number of amides is 1. The van der Waals surface area contributed by atoms with Crippen LogP contribution in [-0.2, 0) is 11.3 Å². The van der Waals surface area contributed by atoms with Gasteiger partial charge in [0.2, 0.25) is 5.91 Å². The van der Waals surface area contributed by atoms with Crippen molar-refractivity contribution >= 4 is 5.91 Å². The minimum absolute atomic E-state index is 0.106. The third kappa shape index (κ3) is 5.55. The minimum Gasteiger partial charge on any atom is -0.354 e. The second kappa shape index (κ2) is 8.81. The molecule has 0 spiro atoms. The summed E-state index contributed by atoms with van der Waals surface area (Å²) in [4.78, 5) is 13.8. The van der Waals surface area contributed by atoms with Gasteiger partial charge in [-0.15, -0.1) is 0 Å². The molecule has 0 bridgehead atoms. The van der Waals surface area contributed by atoms with Crippen LogP contribution in [0.1, 0.15) is 51.5 Å². The highest BCUT2D eigenvalue weighted by molar-refractivity contribution is 5.73. The molecule has 2 atom stereocenters. The van der Waals surface area contributed by atoms with Gasteiger partial charge in [0.1, 0.15) is 0 Å². The number of hydrogen-bond acceptors (Lipinski definition) is 3. The van der Waals surface area contributed by atoms with Crippen LogP contribution in [0.4, 0.5) is 0 Å². The van der Waals surface area contributed by atoms with Crippen molar-refractivity contribution in [2.24, 2.45) is 5.92 Å². The highest BCUT2D eigenvalue weighted by atomic mass is 16.1. The monoisotopic (exact) mass is 343 g/mol. The summed E-state index contributed by atoms with van der Waals surface area (Å²) in [7, 11) is 0. The molecule has 0 aromatic heterocycles. The maximum absolute atomic E-state index is 11.2. The molecular weight excluding hydrogens is 310 g/mol. The van der Waals surface area contributed by atoms with Gasteiger partial charge in [0.25, 0.3) is 0 Å². The Kier molecular flexibility index (Phi) is 6.49. The Labute approximate surface area is 152 Å². The maximum Gasteiger partial charge on any atom is 0.217 e. The first-order chi connectivity index (χ1) is 12.1. The van der Waals surface area contributed by atoms with E-state index in [1.54, 1.807) is 6.92 Å². The van der Waals surface area contributed by atoms with E-state index in [0.717, 1.165) is 31.8 Å². The second-order valence-electron chi connectivity index (χ2n) is 8.02. The number of nitrogens with zero attached hydrogens (tertiary/aromatic N) is 1. The van der Waals surface area contributed by atoms with Gasteiger partial charge in [-0.05, 0) is 57.1 Å². The zero-order chi connectivity index (χ0) is 17.6. The first kappa shape index (κ1) is 18.4. The van der Waals surface area contributed by atoms with Gasteiger partial charge >= 0.3 is 0 Å². The molecule has 1 amide bonds. The highest BCUT2D eigenvalue weighted by Gasteiger charge is 2.29. The van der Waals surface area contributed by atoms with Crippen LogP contribution in [0.25, 0.3) is 0 Å². The molecule has 1 aromatic carbocycles. The van der Waals surface area contributed by atoms with Crippen molar-refractivity contribution in [3.8, 4) is 0 Å². The van der Waals surface area contributed by atoms with Gasteiger partial charge in [0, 0.05) is 38.1 Å². The number of carbonyl (C=O) groups excluding carboxylic acids is 1. The molecule has 1 aliphatic carbocycles. The van der Waals surface area contributed by atoms with Crippen LogP contribution in [0.3, 0.4) is 0 Å². The van der Waals surface area contributed by atoms with Crippen LogP contribution in [0, 0.1) is 5.92 Å². The van der Waals surface area contributed by atoms with Gasteiger partial charge in [-0.1, -0.05) is 30.3 Å². The lowest BCUT2D eigenvalue weighted by atomic mass is 9.90. The zero-order valence-corrected chi connectivity index (χ0v) is 15.7. The molecule has 2 aliphatic rings. The smallest absolute Gasteiger partial charge is 0.217 e. The van der Waals surface area contributed by atoms with Gasteiger partial charge in [0.15, 0.2) is 0 Å². The van der Waals surface area contributed by atoms with Crippen LogP contribution in [0.5, 0.6) is 0 Å². The van der Waals surface area contributed by atoms with E-state index in [0.29, 0.717) is 18.1 Å². The number of benzene rings is 1. The van der Waals surface area contributed by atoms with E-state index in [4.69, 9.17) is 0 Å². The lowest BCUT2D eigenvalue weighted by molar-refractivity contribution is -0.119. The minimum atomic E-state index is 0.106. The molecule has 25 heavy (non-hydrogen) atoms. The molecule has 1 saturated carbocycles.